The van der Waals surface area contributed by atoms with Crippen molar-refractivity contribution in [3.63, 3.8) is 0 Å². The number of fused-ring (bicyclic) bond motifs is 1. The van der Waals surface area contributed by atoms with Gasteiger partial charge in [0.25, 0.3) is 5.22 Å². The molecule has 0 radical (unpaired) electrons. The Labute approximate surface area is 116 Å². The summed E-state index contributed by atoms with van der Waals surface area (Å²) in [5, 5.41) is 1.39. The summed E-state index contributed by atoms with van der Waals surface area (Å²) in [6.07, 6.45) is 1.74. The zero-order valence-corrected chi connectivity index (χ0v) is 11.5. The Morgan fingerprint density at radius 2 is 2.11 bits per heavy atom. The molecular formula is C12H8BrN3OS. The summed E-state index contributed by atoms with van der Waals surface area (Å²) >= 11 is 4.72. The third-order valence-electron chi connectivity index (χ3n) is 2.29. The Kier molecular flexibility index (Phi) is 2.97. The van der Waals surface area contributed by atoms with Gasteiger partial charge in [-0.1, -0.05) is 0 Å². The minimum absolute atomic E-state index is 0.561. The minimum atomic E-state index is 0.561. The SMILES string of the molecule is Nc1ccc2nc(Sc3ccc(Br)cn3)oc2c1. The fourth-order valence-electron chi connectivity index (χ4n) is 1.48. The number of nitrogen functional groups attached to an aromatic ring is 1. The lowest BCUT2D eigenvalue weighted by atomic mass is 10.3. The van der Waals surface area contributed by atoms with Gasteiger partial charge in [0, 0.05) is 22.4 Å². The first kappa shape index (κ1) is 11.6. The highest BCUT2D eigenvalue weighted by molar-refractivity contribution is 9.10. The maximum absolute atomic E-state index is 5.69. The summed E-state index contributed by atoms with van der Waals surface area (Å²) < 4.78 is 6.55. The average molecular weight is 322 g/mol. The molecule has 1 aromatic carbocycles. The molecule has 0 aliphatic heterocycles. The van der Waals surface area contributed by atoms with Gasteiger partial charge in [-0.05, 0) is 52.0 Å². The molecule has 0 saturated heterocycles. The molecule has 2 aromatic heterocycles. The van der Waals surface area contributed by atoms with E-state index < -0.39 is 0 Å². The second kappa shape index (κ2) is 4.62. The van der Waals surface area contributed by atoms with Crippen molar-refractivity contribution in [3.05, 3.63) is 41.0 Å². The molecule has 18 heavy (non-hydrogen) atoms. The van der Waals surface area contributed by atoms with Gasteiger partial charge in [-0.3, -0.25) is 0 Å². The van der Waals surface area contributed by atoms with E-state index in [9.17, 15) is 0 Å². The smallest absolute Gasteiger partial charge is 0.263 e. The first-order valence-electron chi connectivity index (χ1n) is 5.16. The number of nitrogens with zero attached hydrogens (tertiary/aromatic N) is 2. The summed E-state index contributed by atoms with van der Waals surface area (Å²) in [4.78, 5) is 8.61. The van der Waals surface area contributed by atoms with E-state index in [2.05, 4.69) is 25.9 Å². The number of hydrogen-bond donors (Lipinski definition) is 1. The van der Waals surface area contributed by atoms with Crippen LogP contribution in [0.1, 0.15) is 0 Å². The largest absolute Gasteiger partial charge is 0.431 e. The van der Waals surface area contributed by atoms with E-state index in [1.807, 2.05) is 18.2 Å². The predicted molar refractivity (Wildman–Crippen MR) is 74.5 cm³/mol. The van der Waals surface area contributed by atoms with Crippen LogP contribution >= 0.6 is 27.7 Å². The van der Waals surface area contributed by atoms with Gasteiger partial charge in [-0.2, -0.15) is 0 Å². The molecule has 0 bridgehead atoms. The molecule has 0 unspecified atom stereocenters. The molecule has 0 spiro atoms. The highest BCUT2D eigenvalue weighted by atomic mass is 79.9. The van der Waals surface area contributed by atoms with Crippen molar-refractivity contribution in [2.24, 2.45) is 0 Å². The third kappa shape index (κ3) is 2.34. The van der Waals surface area contributed by atoms with Crippen LogP contribution in [0, 0.1) is 0 Å². The quantitative estimate of drug-likeness (QED) is 0.729. The lowest BCUT2D eigenvalue weighted by molar-refractivity contribution is 0.489. The number of hydrogen-bond acceptors (Lipinski definition) is 5. The summed E-state index contributed by atoms with van der Waals surface area (Å²) in [5.41, 5.74) is 7.84. The van der Waals surface area contributed by atoms with Crippen molar-refractivity contribution in [2.75, 3.05) is 5.73 Å². The van der Waals surface area contributed by atoms with E-state index in [-0.39, 0.29) is 0 Å². The van der Waals surface area contributed by atoms with E-state index >= 15 is 0 Å². The number of anilines is 1. The summed E-state index contributed by atoms with van der Waals surface area (Å²) in [6.45, 7) is 0. The number of oxazole rings is 1. The van der Waals surface area contributed by atoms with Crippen LogP contribution < -0.4 is 5.73 Å². The molecule has 0 saturated carbocycles. The van der Waals surface area contributed by atoms with Crippen LogP contribution in [0.25, 0.3) is 11.1 Å². The predicted octanol–water partition coefficient (Wildman–Crippen LogP) is 3.72. The van der Waals surface area contributed by atoms with Crippen molar-refractivity contribution in [3.8, 4) is 0 Å². The van der Waals surface area contributed by atoms with E-state index in [1.165, 1.54) is 11.8 Å². The van der Waals surface area contributed by atoms with Gasteiger partial charge in [0.2, 0.25) is 0 Å². The average Bonchev–Trinajstić information content (AvgIpc) is 2.73. The highest BCUT2D eigenvalue weighted by Gasteiger charge is 2.08. The fourth-order valence-corrected chi connectivity index (χ4v) is 2.41. The Bertz CT molecular complexity index is 696. The topological polar surface area (TPSA) is 64.9 Å². The molecule has 6 heteroatoms. The van der Waals surface area contributed by atoms with Gasteiger partial charge in [-0.15, -0.1) is 0 Å². The summed E-state index contributed by atoms with van der Waals surface area (Å²) in [6, 6.07) is 9.24. The zero-order chi connectivity index (χ0) is 12.5. The molecule has 3 rings (SSSR count). The molecule has 4 nitrogen and oxygen atoms in total. The van der Waals surface area contributed by atoms with Gasteiger partial charge < -0.3 is 10.2 Å². The number of rotatable bonds is 2. The molecule has 3 aromatic rings. The minimum Gasteiger partial charge on any atom is -0.431 e. The van der Waals surface area contributed by atoms with Gasteiger partial charge in [0.1, 0.15) is 10.5 Å². The van der Waals surface area contributed by atoms with Crippen LogP contribution in [0.4, 0.5) is 5.69 Å². The van der Waals surface area contributed by atoms with Crippen molar-refractivity contribution >= 4 is 44.5 Å². The Morgan fingerprint density at radius 1 is 1.22 bits per heavy atom. The lowest BCUT2D eigenvalue weighted by Gasteiger charge is -1.95. The fraction of sp³-hybridized carbons (Fsp3) is 0. The normalized spacial score (nSPS) is 10.9. The van der Waals surface area contributed by atoms with Crippen molar-refractivity contribution in [1.29, 1.82) is 0 Å². The Balaban J connectivity index is 1.92. The molecule has 0 fully saturated rings. The Morgan fingerprint density at radius 3 is 2.89 bits per heavy atom. The van der Waals surface area contributed by atoms with Gasteiger partial charge >= 0.3 is 0 Å². The van der Waals surface area contributed by atoms with Crippen molar-refractivity contribution in [1.82, 2.24) is 9.97 Å². The van der Waals surface area contributed by atoms with Crippen LogP contribution in [-0.2, 0) is 0 Å². The van der Waals surface area contributed by atoms with Gasteiger partial charge in [0.15, 0.2) is 5.58 Å². The van der Waals surface area contributed by atoms with E-state index in [0.717, 1.165) is 15.0 Å². The number of nitrogens with two attached hydrogens (primary N) is 1. The maximum Gasteiger partial charge on any atom is 0.263 e. The number of pyridine rings is 1. The van der Waals surface area contributed by atoms with Crippen LogP contribution in [0.5, 0.6) is 0 Å². The van der Waals surface area contributed by atoms with Crippen LogP contribution in [0.2, 0.25) is 0 Å². The summed E-state index contributed by atoms with van der Waals surface area (Å²) in [5.74, 6) is 0. The van der Waals surface area contributed by atoms with Crippen molar-refractivity contribution in [2.45, 2.75) is 10.2 Å². The standard InChI is InChI=1S/C12H8BrN3OS/c13-7-1-4-11(15-6-7)18-12-16-9-3-2-8(14)5-10(9)17-12/h1-6H,14H2. The molecule has 0 aliphatic carbocycles. The Hall–Kier alpha value is -1.53. The number of halogens is 1. The highest BCUT2D eigenvalue weighted by Crippen LogP contribution is 2.29. The van der Waals surface area contributed by atoms with E-state index in [4.69, 9.17) is 10.2 Å². The molecular weight excluding hydrogens is 314 g/mol. The zero-order valence-electron chi connectivity index (χ0n) is 9.13. The number of benzene rings is 1. The van der Waals surface area contributed by atoms with Crippen LogP contribution in [0.3, 0.4) is 0 Å². The monoisotopic (exact) mass is 321 g/mol. The summed E-state index contributed by atoms with van der Waals surface area (Å²) in [7, 11) is 0. The maximum atomic E-state index is 5.69. The number of aromatic nitrogens is 2. The molecule has 2 heterocycles. The second-order valence-corrected chi connectivity index (χ2v) is 5.51. The molecule has 2 N–H and O–H groups in total. The molecule has 0 atom stereocenters. The van der Waals surface area contributed by atoms with Crippen molar-refractivity contribution < 1.29 is 4.42 Å². The third-order valence-corrected chi connectivity index (χ3v) is 3.55. The molecule has 0 aliphatic rings. The first-order chi connectivity index (χ1) is 8.70. The van der Waals surface area contributed by atoms with Crippen LogP contribution in [-0.4, -0.2) is 9.97 Å². The van der Waals surface area contributed by atoms with Crippen LogP contribution in [0.15, 0.2) is 55.7 Å². The van der Waals surface area contributed by atoms with Gasteiger partial charge in [0.05, 0.1) is 0 Å². The molecule has 90 valence electrons. The lowest BCUT2D eigenvalue weighted by Crippen LogP contribution is -1.81. The van der Waals surface area contributed by atoms with E-state index in [0.29, 0.717) is 16.5 Å². The second-order valence-electron chi connectivity index (χ2n) is 3.62. The molecule has 0 amide bonds. The van der Waals surface area contributed by atoms with E-state index in [1.54, 1.807) is 18.3 Å². The van der Waals surface area contributed by atoms with Gasteiger partial charge in [-0.25, -0.2) is 9.97 Å². The first-order valence-corrected chi connectivity index (χ1v) is 6.77.